The van der Waals surface area contributed by atoms with Gasteiger partial charge < -0.3 is 18.9 Å². The van der Waals surface area contributed by atoms with Crippen LogP contribution in [-0.4, -0.2) is 81.1 Å². The Balaban J connectivity index is 0.000000272. The minimum absolute atomic E-state index is 0. The summed E-state index contributed by atoms with van der Waals surface area (Å²) in [6.45, 7) is 8.19. The normalized spacial score (nSPS) is 18.8. The van der Waals surface area contributed by atoms with E-state index in [-0.39, 0.29) is 79.5 Å². The van der Waals surface area contributed by atoms with Gasteiger partial charge >= 0.3 is 11.9 Å². The van der Waals surface area contributed by atoms with E-state index in [0.717, 1.165) is 70.0 Å². The second kappa shape index (κ2) is 23.1. The highest BCUT2D eigenvalue weighted by atomic mass is 32.2. The quantitative estimate of drug-likeness (QED) is 0.0916. The predicted molar refractivity (Wildman–Crippen MR) is 243 cm³/mol. The number of benzene rings is 2. The summed E-state index contributed by atoms with van der Waals surface area (Å²) in [7, 11) is 2.73. The lowest BCUT2D eigenvalue weighted by molar-refractivity contribution is -0.142. The molecule has 2 fully saturated rings. The molecule has 0 spiro atoms. The highest BCUT2D eigenvalue weighted by Gasteiger charge is 2.44. The number of pyridine rings is 2. The number of aryl methyl sites for hydroxylation is 2. The van der Waals surface area contributed by atoms with E-state index >= 15 is 0 Å². The third kappa shape index (κ3) is 14.1. The molecule has 0 saturated carbocycles. The number of aromatic nitrogens is 2. The molecule has 2 unspecified atom stereocenters. The van der Waals surface area contributed by atoms with E-state index in [1.54, 1.807) is 13.8 Å². The molecule has 2 saturated heterocycles. The van der Waals surface area contributed by atoms with Gasteiger partial charge in [0.25, 0.3) is 10.5 Å². The monoisotopic (exact) mass is 900 g/mol. The first-order valence-electron chi connectivity index (χ1n) is 20.2. The van der Waals surface area contributed by atoms with E-state index in [2.05, 4.69) is 34.4 Å². The van der Waals surface area contributed by atoms with Gasteiger partial charge in [0.15, 0.2) is 0 Å². The van der Waals surface area contributed by atoms with Crippen LogP contribution in [0.5, 0.6) is 11.5 Å². The van der Waals surface area contributed by atoms with E-state index in [4.69, 9.17) is 18.9 Å². The zero-order valence-electron chi connectivity index (χ0n) is 35.7. The van der Waals surface area contributed by atoms with Crippen molar-refractivity contribution in [3.8, 4) is 11.5 Å². The average molecular weight is 901 g/mol. The van der Waals surface area contributed by atoms with Crippen molar-refractivity contribution in [1.82, 2.24) is 20.6 Å². The molecule has 336 valence electrons. The number of esters is 2. The zero-order valence-corrected chi connectivity index (χ0v) is 37.3. The summed E-state index contributed by atoms with van der Waals surface area (Å²) in [5.41, 5.74) is 5.66. The molecule has 2 aromatic carbocycles. The molecule has 4 heterocycles. The van der Waals surface area contributed by atoms with E-state index in [9.17, 15) is 28.8 Å². The fourth-order valence-electron chi connectivity index (χ4n) is 6.66. The third-order valence-electron chi connectivity index (χ3n) is 10.5. The number of nitrogens with one attached hydrogen (secondary N) is 2. The molecule has 4 amide bonds. The highest BCUT2D eigenvalue weighted by Crippen LogP contribution is 2.36. The second-order valence-corrected chi connectivity index (χ2v) is 18.2. The maximum atomic E-state index is 12.0. The third-order valence-corrected chi connectivity index (χ3v) is 12.6. The Morgan fingerprint density at radius 1 is 0.587 bits per heavy atom. The van der Waals surface area contributed by atoms with Crippen LogP contribution in [0.25, 0.3) is 0 Å². The summed E-state index contributed by atoms with van der Waals surface area (Å²) in [6, 6.07) is 22.6. The van der Waals surface area contributed by atoms with Crippen molar-refractivity contribution in [2.45, 2.75) is 95.0 Å². The van der Waals surface area contributed by atoms with Gasteiger partial charge in [-0.05, 0) is 122 Å². The molecule has 0 bridgehead atoms. The van der Waals surface area contributed by atoms with Crippen LogP contribution in [0.1, 0.15) is 93.4 Å². The fraction of sp³-hybridized carbons (Fsp3) is 0.404. The predicted octanol–water partition coefficient (Wildman–Crippen LogP) is 7.94. The molecule has 2 aliphatic rings. The molecule has 2 aromatic heterocycles. The number of imide groups is 2. The molecule has 4 aromatic rings. The van der Waals surface area contributed by atoms with Gasteiger partial charge in [0.2, 0.25) is 11.8 Å². The first-order chi connectivity index (χ1) is 29.6. The number of carbonyl (C=O) groups is 6. The van der Waals surface area contributed by atoms with Crippen molar-refractivity contribution < 1.29 is 47.7 Å². The number of ether oxygens (including phenoxy) is 4. The van der Waals surface area contributed by atoms with Crippen LogP contribution in [0.15, 0.2) is 85.2 Å². The SMILES string of the molecule is C.CCc1ccc(C(COc2ccc(C[C@@]3(C)SC(=O)NC3=O)cc2)CC(=O)OC)nc1.CCc1ccc(C(COc2ccc(C[C@@]3(C)SC(=O)NC3=O)cc2)CC(=O)OC)nc1. The van der Waals surface area contributed by atoms with E-state index in [1.807, 2.05) is 85.2 Å². The number of amides is 4. The fourth-order valence-corrected chi connectivity index (χ4v) is 8.53. The standard InChI is InChI=1S/2C23H26N2O5S.CH4/c2*1-4-15-7-10-19(24-13-15)17(11-20(26)29-3)14-30-18-8-5-16(6-9-18)12-23(2)21(27)25-22(28)31-23;/h2*5-10,13,17H,4,11-12,14H2,1-3H3,(H,25,27,28);1H4/t2*17?,23-;/m11./s1. The summed E-state index contributed by atoms with van der Waals surface area (Å²) >= 11 is 2.03. The number of nitrogens with zero attached hydrogens (tertiary/aromatic N) is 2. The molecule has 2 aliphatic heterocycles. The van der Waals surface area contributed by atoms with Crippen molar-refractivity contribution in [3.05, 3.63) is 119 Å². The van der Waals surface area contributed by atoms with Crippen molar-refractivity contribution >= 4 is 57.8 Å². The molecule has 6 rings (SSSR count). The smallest absolute Gasteiger partial charge is 0.306 e. The minimum atomic E-state index is -0.804. The van der Waals surface area contributed by atoms with Gasteiger partial charge in [0.05, 0.1) is 40.3 Å². The Bertz CT molecular complexity index is 2050. The number of hydrogen-bond acceptors (Lipinski definition) is 14. The lowest BCUT2D eigenvalue weighted by Gasteiger charge is -2.19. The van der Waals surface area contributed by atoms with Crippen molar-refractivity contribution in [1.29, 1.82) is 0 Å². The lowest BCUT2D eigenvalue weighted by atomic mass is 9.99. The van der Waals surface area contributed by atoms with Crippen molar-refractivity contribution in [3.63, 3.8) is 0 Å². The summed E-state index contributed by atoms with van der Waals surface area (Å²) < 4.78 is 19.9. The van der Waals surface area contributed by atoms with Gasteiger partial charge in [-0.3, -0.25) is 49.4 Å². The number of rotatable bonds is 18. The molecule has 14 nitrogen and oxygen atoms in total. The van der Waals surface area contributed by atoms with E-state index < -0.39 is 9.49 Å². The Kier molecular flexibility index (Phi) is 18.3. The number of thioether (sulfide) groups is 2. The summed E-state index contributed by atoms with van der Waals surface area (Å²) in [5, 5.41) is 4.03. The summed E-state index contributed by atoms with van der Waals surface area (Å²) in [5.74, 6) is -0.351. The number of methoxy groups -OCH3 is 2. The van der Waals surface area contributed by atoms with Crippen LogP contribution in [0.4, 0.5) is 9.59 Å². The van der Waals surface area contributed by atoms with Crippen LogP contribution >= 0.6 is 23.5 Å². The van der Waals surface area contributed by atoms with Crippen LogP contribution in [-0.2, 0) is 54.3 Å². The van der Waals surface area contributed by atoms with Gasteiger partial charge in [-0.1, -0.05) is 57.7 Å². The van der Waals surface area contributed by atoms with Gasteiger partial charge in [-0.2, -0.15) is 0 Å². The Hall–Kier alpha value is -5.74. The molecule has 63 heavy (non-hydrogen) atoms. The van der Waals surface area contributed by atoms with Gasteiger partial charge in [0, 0.05) is 35.6 Å². The molecular weight excluding hydrogens is 845 g/mol. The molecule has 2 N–H and O–H groups in total. The average Bonchev–Trinajstić information content (AvgIpc) is 3.69. The molecule has 0 aliphatic carbocycles. The lowest BCUT2D eigenvalue weighted by Crippen LogP contribution is -2.35. The first-order valence-corrected chi connectivity index (χ1v) is 21.8. The van der Waals surface area contributed by atoms with Gasteiger partial charge in [-0.15, -0.1) is 0 Å². The summed E-state index contributed by atoms with van der Waals surface area (Å²) in [6.07, 6.45) is 6.64. The zero-order chi connectivity index (χ0) is 44.9. The maximum Gasteiger partial charge on any atom is 0.306 e. The number of hydrogen-bond donors (Lipinski definition) is 2. The summed E-state index contributed by atoms with van der Waals surface area (Å²) in [4.78, 5) is 79.7. The van der Waals surface area contributed by atoms with Crippen LogP contribution in [0.3, 0.4) is 0 Å². The van der Waals surface area contributed by atoms with E-state index in [1.165, 1.54) is 14.2 Å². The second-order valence-electron chi connectivity index (χ2n) is 15.3. The molecule has 4 atom stereocenters. The van der Waals surface area contributed by atoms with Gasteiger partial charge in [-0.25, -0.2) is 0 Å². The largest absolute Gasteiger partial charge is 0.493 e. The Morgan fingerprint density at radius 2 is 0.937 bits per heavy atom. The van der Waals surface area contributed by atoms with Crippen LogP contribution in [0.2, 0.25) is 0 Å². The highest BCUT2D eigenvalue weighted by molar-refractivity contribution is 8.16. The Morgan fingerprint density at radius 3 is 1.21 bits per heavy atom. The van der Waals surface area contributed by atoms with E-state index in [0.29, 0.717) is 24.3 Å². The van der Waals surface area contributed by atoms with Crippen molar-refractivity contribution in [2.24, 2.45) is 0 Å². The Labute approximate surface area is 377 Å². The van der Waals surface area contributed by atoms with Gasteiger partial charge in [0.1, 0.15) is 21.0 Å². The van der Waals surface area contributed by atoms with Crippen LogP contribution < -0.4 is 20.1 Å². The maximum absolute atomic E-state index is 12.0. The minimum Gasteiger partial charge on any atom is -0.493 e. The van der Waals surface area contributed by atoms with Crippen LogP contribution in [0, 0.1) is 0 Å². The molecule has 0 radical (unpaired) electrons. The number of carbonyl (C=O) groups excluding carboxylic acids is 6. The molecular formula is C47H56N4O10S2. The first kappa shape index (κ1) is 49.9. The topological polar surface area (TPSA) is 189 Å². The van der Waals surface area contributed by atoms with Crippen molar-refractivity contribution in [2.75, 3.05) is 27.4 Å². The molecule has 16 heteroatoms.